The minimum Gasteiger partial charge on any atom is -0.0845 e. The van der Waals surface area contributed by atoms with E-state index < -0.39 is 0 Å². The Morgan fingerprint density at radius 3 is 1.40 bits per heavy atom. The number of rotatable bonds is 10. The Labute approximate surface area is 124 Å². The predicted molar refractivity (Wildman–Crippen MR) is 92.4 cm³/mol. The molecule has 1 radical (unpaired) electrons. The molecule has 0 aliphatic heterocycles. The molecule has 0 saturated heterocycles. The van der Waals surface area contributed by atoms with Crippen molar-refractivity contribution in [3.05, 3.63) is 97.7 Å². The quantitative estimate of drug-likeness (QED) is 0.333. The number of unbranched alkanes of at least 4 members (excludes halogenated alkanes) is 2. The highest BCUT2D eigenvalue weighted by molar-refractivity contribution is 5.20. The van der Waals surface area contributed by atoms with Crippen molar-refractivity contribution in [1.82, 2.24) is 0 Å². The molecule has 0 bridgehead atoms. The van der Waals surface area contributed by atoms with E-state index in [0.29, 0.717) is 0 Å². The van der Waals surface area contributed by atoms with E-state index in [1.165, 1.54) is 25.3 Å². The number of hydrogen-bond acceptors (Lipinski definition) is 0. The molecule has 0 amide bonds. The van der Waals surface area contributed by atoms with Crippen molar-refractivity contribution in [1.29, 1.82) is 0 Å². The molecular weight excluding hydrogens is 240 g/mol. The molecule has 0 nitrogen and oxygen atoms in total. The van der Waals surface area contributed by atoms with Crippen LogP contribution in [0.4, 0.5) is 0 Å². The summed E-state index contributed by atoms with van der Waals surface area (Å²) in [6, 6.07) is 0. The largest absolute Gasteiger partial charge is 0.0845 e. The monoisotopic (exact) mass is 265 g/mol. The Bertz CT molecular complexity index is 409. The molecule has 0 aliphatic carbocycles. The van der Waals surface area contributed by atoms with Crippen LogP contribution in [0.3, 0.4) is 0 Å². The maximum atomic E-state index is 5.20. The zero-order valence-corrected chi connectivity index (χ0v) is 12.4. The first-order valence-corrected chi connectivity index (χ1v) is 7.12. The Kier molecular flexibility index (Phi) is 15.2. The molecule has 0 heterocycles. The molecule has 0 aromatic carbocycles. The highest BCUT2D eigenvalue weighted by Gasteiger charge is 1.74. The van der Waals surface area contributed by atoms with E-state index in [1.807, 2.05) is 60.8 Å². The Hall–Kier alpha value is -2.08. The lowest BCUT2D eigenvalue weighted by Gasteiger charge is -1.84. The molecule has 0 saturated carbocycles. The first kappa shape index (κ1) is 17.9. The van der Waals surface area contributed by atoms with Crippen LogP contribution in [0.2, 0.25) is 0 Å². The second-order valence-electron chi connectivity index (χ2n) is 4.07. The van der Waals surface area contributed by atoms with Crippen LogP contribution in [0.1, 0.15) is 26.2 Å². The summed E-state index contributed by atoms with van der Waals surface area (Å²) >= 11 is 0. The molecule has 0 aliphatic rings. The van der Waals surface area contributed by atoms with Gasteiger partial charge in [-0.1, -0.05) is 117 Å². The molecule has 105 valence electrons. The summed E-state index contributed by atoms with van der Waals surface area (Å²) in [6.07, 6.45) is 33.1. The van der Waals surface area contributed by atoms with Crippen LogP contribution in [0.5, 0.6) is 0 Å². The van der Waals surface area contributed by atoms with Crippen molar-refractivity contribution in [2.75, 3.05) is 0 Å². The van der Waals surface area contributed by atoms with Crippen LogP contribution >= 0.6 is 0 Å². The van der Waals surface area contributed by atoms with Crippen LogP contribution < -0.4 is 0 Å². The zero-order valence-electron chi connectivity index (χ0n) is 12.4. The second kappa shape index (κ2) is 16.9. The number of hydrogen-bond donors (Lipinski definition) is 0. The molecule has 20 heavy (non-hydrogen) atoms. The third-order valence-corrected chi connectivity index (χ3v) is 2.30. The minimum absolute atomic E-state index is 1.17. The van der Waals surface area contributed by atoms with Crippen LogP contribution in [0.25, 0.3) is 0 Å². The maximum absolute atomic E-state index is 5.20. The topological polar surface area (TPSA) is 0 Å². The summed E-state index contributed by atoms with van der Waals surface area (Å²) in [4.78, 5) is 0. The fourth-order valence-corrected chi connectivity index (χ4v) is 1.27. The van der Waals surface area contributed by atoms with Gasteiger partial charge in [-0.15, -0.1) is 0 Å². The maximum Gasteiger partial charge on any atom is -0.0348 e. The molecule has 0 aromatic rings. The third-order valence-electron chi connectivity index (χ3n) is 2.30. The van der Waals surface area contributed by atoms with Gasteiger partial charge in [-0.25, -0.2) is 0 Å². The van der Waals surface area contributed by atoms with Gasteiger partial charge >= 0.3 is 0 Å². The summed E-state index contributed by atoms with van der Waals surface area (Å²) < 4.78 is 0. The van der Waals surface area contributed by atoms with E-state index in [-0.39, 0.29) is 0 Å². The van der Waals surface area contributed by atoms with E-state index in [9.17, 15) is 0 Å². The Balaban J connectivity index is 3.75. The fourth-order valence-electron chi connectivity index (χ4n) is 1.27. The van der Waals surface area contributed by atoms with Gasteiger partial charge < -0.3 is 0 Å². The molecule has 0 N–H and O–H groups in total. The van der Waals surface area contributed by atoms with Crippen LogP contribution in [0.15, 0.2) is 91.1 Å². The minimum atomic E-state index is 1.17. The van der Waals surface area contributed by atoms with Crippen LogP contribution in [-0.2, 0) is 0 Å². The summed E-state index contributed by atoms with van der Waals surface area (Å²) in [5, 5.41) is 0. The smallest absolute Gasteiger partial charge is 0.0348 e. The van der Waals surface area contributed by atoms with Crippen molar-refractivity contribution < 1.29 is 0 Å². The van der Waals surface area contributed by atoms with Crippen LogP contribution in [-0.4, -0.2) is 0 Å². The van der Waals surface area contributed by atoms with Crippen molar-refractivity contribution in [2.24, 2.45) is 0 Å². The van der Waals surface area contributed by atoms with Crippen molar-refractivity contribution in [3.63, 3.8) is 0 Å². The molecule has 0 aromatic heterocycles. The van der Waals surface area contributed by atoms with E-state index in [4.69, 9.17) is 6.58 Å². The molecule has 0 fully saturated rings. The van der Waals surface area contributed by atoms with E-state index in [2.05, 4.69) is 25.2 Å². The Morgan fingerprint density at radius 1 is 0.600 bits per heavy atom. The Morgan fingerprint density at radius 2 is 1.00 bits per heavy atom. The normalized spacial score (nSPS) is 13.7. The van der Waals surface area contributed by atoms with Gasteiger partial charge in [0.05, 0.1) is 0 Å². The third kappa shape index (κ3) is 15.9. The van der Waals surface area contributed by atoms with Gasteiger partial charge in [0, 0.05) is 0 Å². The van der Waals surface area contributed by atoms with Gasteiger partial charge in [0.15, 0.2) is 0 Å². The van der Waals surface area contributed by atoms with Crippen molar-refractivity contribution >= 4 is 0 Å². The average molecular weight is 265 g/mol. The average Bonchev–Trinajstić information content (AvgIpc) is 2.47. The lowest BCUT2D eigenvalue weighted by molar-refractivity contribution is 0.815. The van der Waals surface area contributed by atoms with E-state index in [1.54, 1.807) is 6.08 Å². The van der Waals surface area contributed by atoms with Crippen molar-refractivity contribution in [2.45, 2.75) is 26.2 Å². The fraction of sp³-hybridized carbons (Fsp3) is 0.200. The zero-order chi connectivity index (χ0) is 14.7. The first-order chi connectivity index (χ1) is 9.91. The molecule has 0 heteroatoms. The van der Waals surface area contributed by atoms with Crippen molar-refractivity contribution in [3.8, 4) is 0 Å². The SMILES string of the molecule is [CH]=CC=CC=CC=CC=CC=CC=CC=CCCCC. The van der Waals surface area contributed by atoms with Gasteiger partial charge in [-0.3, -0.25) is 0 Å². The summed E-state index contributed by atoms with van der Waals surface area (Å²) in [7, 11) is 0. The molecule has 0 atom stereocenters. The molecule has 0 rings (SSSR count). The van der Waals surface area contributed by atoms with Gasteiger partial charge in [0.2, 0.25) is 0 Å². The highest BCUT2D eigenvalue weighted by atomic mass is 13.8. The second-order valence-corrected chi connectivity index (χ2v) is 4.07. The lowest BCUT2D eigenvalue weighted by atomic mass is 10.2. The summed E-state index contributed by atoms with van der Waals surface area (Å²) in [6.45, 7) is 7.40. The standard InChI is InChI=1S/C20H25/c1-3-5-7-9-11-13-15-17-19-20-18-16-14-12-10-8-6-4-2/h1,3,5,7,9-20H,4,6,8H2,2H3. The number of allylic oxidation sites excluding steroid dienone is 15. The van der Waals surface area contributed by atoms with E-state index >= 15 is 0 Å². The van der Waals surface area contributed by atoms with Gasteiger partial charge in [0.25, 0.3) is 0 Å². The van der Waals surface area contributed by atoms with Gasteiger partial charge in [0.1, 0.15) is 0 Å². The van der Waals surface area contributed by atoms with Gasteiger partial charge in [-0.2, -0.15) is 0 Å². The highest BCUT2D eigenvalue weighted by Crippen LogP contribution is 1.94. The molecular formula is C20H25. The molecule has 0 spiro atoms. The van der Waals surface area contributed by atoms with Gasteiger partial charge in [-0.05, 0) is 6.42 Å². The molecule has 0 unspecified atom stereocenters. The first-order valence-electron chi connectivity index (χ1n) is 7.12. The predicted octanol–water partition coefficient (Wildman–Crippen LogP) is 6.06. The van der Waals surface area contributed by atoms with E-state index in [0.717, 1.165) is 0 Å². The summed E-state index contributed by atoms with van der Waals surface area (Å²) in [5.41, 5.74) is 0. The summed E-state index contributed by atoms with van der Waals surface area (Å²) in [5.74, 6) is 0. The van der Waals surface area contributed by atoms with Crippen LogP contribution in [0, 0.1) is 6.58 Å². The lowest BCUT2D eigenvalue weighted by Crippen LogP contribution is -1.64.